The van der Waals surface area contributed by atoms with Gasteiger partial charge in [-0.1, -0.05) is 36.4 Å². The van der Waals surface area contributed by atoms with Crippen molar-refractivity contribution in [3.05, 3.63) is 86.0 Å². The lowest BCUT2D eigenvalue weighted by atomic mass is 10.2. The summed E-state index contributed by atoms with van der Waals surface area (Å²) in [5.41, 5.74) is 0.500. The summed E-state index contributed by atoms with van der Waals surface area (Å²) in [6.45, 7) is 0. The summed E-state index contributed by atoms with van der Waals surface area (Å²) in [5, 5.41) is 2.55. The van der Waals surface area contributed by atoms with E-state index in [0.29, 0.717) is 28.7 Å². The first-order chi connectivity index (χ1) is 12.2. The second-order valence-electron chi connectivity index (χ2n) is 5.05. The highest BCUT2D eigenvalue weighted by atomic mass is 16.5. The van der Waals surface area contributed by atoms with Crippen molar-refractivity contribution < 1.29 is 19.0 Å². The van der Waals surface area contributed by atoms with Gasteiger partial charge < -0.3 is 14.2 Å². The summed E-state index contributed by atoms with van der Waals surface area (Å²) in [6.07, 6.45) is -0.664. The van der Waals surface area contributed by atoms with Gasteiger partial charge in [-0.2, -0.15) is 0 Å². The van der Waals surface area contributed by atoms with Crippen LogP contribution in [0.4, 0.5) is 10.5 Å². The molecule has 0 atom stereocenters. The molecule has 0 bridgehead atoms. The summed E-state index contributed by atoms with van der Waals surface area (Å²) in [5.74, 6) is 2.30. The van der Waals surface area contributed by atoms with Gasteiger partial charge in [0.2, 0.25) is 0 Å². The predicted octanol–water partition coefficient (Wildman–Crippen LogP) is 5.61. The number of hydrogen-bond acceptors (Lipinski definition) is 4. The van der Waals surface area contributed by atoms with Crippen molar-refractivity contribution in [1.82, 2.24) is 0 Å². The van der Waals surface area contributed by atoms with Crippen LogP contribution in [0.3, 0.4) is 0 Å². The van der Waals surface area contributed by atoms with E-state index in [1.807, 2.05) is 60.7 Å². The third-order valence-corrected chi connectivity index (χ3v) is 3.26. The lowest BCUT2D eigenvalue weighted by Gasteiger charge is -2.14. The molecule has 0 aliphatic carbocycles. The van der Waals surface area contributed by atoms with Gasteiger partial charge in [0.25, 0.3) is 0 Å². The molecule has 3 rings (SSSR count). The number of hydrogen-bond donors (Lipinski definition) is 1. The Bertz CT molecular complexity index is 835. The molecule has 1 amide bonds. The fourth-order valence-corrected chi connectivity index (χ4v) is 2.13. The fraction of sp³-hybridized carbons (Fsp3) is 0. The van der Waals surface area contributed by atoms with Crippen LogP contribution in [0.5, 0.6) is 23.0 Å². The number of anilines is 1. The number of nitrogens with one attached hydrogen (secondary N) is 1. The first kappa shape index (κ1) is 16.4. The Balaban J connectivity index is 1.91. The highest BCUT2D eigenvalue weighted by Crippen LogP contribution is 2.36. The maximum absolute atomic E-state index is 11.4. The lowest BCUT2D eigenvalue weighted by molar-refractivity contribution is 0.199. The minimum absolute atomic E-state index is 0.455. The van der Waals surface area contributed by atoms with Crippen molar-refractivity contribution in [3.63, 3.8) is 0 Å². The number of ether oxygens (including phenoxy) is 3. The summed E-state index contributed by atoms with van der Waals surface area (Å²) in [4.78, 5) is 11.4. The molecule has 0 unspecified atom stereocenters. The molecular weight excluding hydrogens is 318 g/mol. The maximum Gasteiger partial charge on any atom is 0.411 e. The van der Waals surface area contributed by atoms with E-state index in [1.165, 1.54) is 0 Å². The van der Waals surface area contributed by atoms with Gasteiger partial charge in [0.05, 0.1) is 0 Å². The van der Waals surface area contributed by atoms with E-state index < -0.39 is 6.09 Å². The van der Waals surface area contributed by atoms with E-state index in [1.54, 1.807) is 18.2 Å². The van der Waals surface area contributed by atoms with E-state index in [2.05, 4.69) is 17.2 Å². The van der Waals surface area contributed by atoms with Gasteiger partial charge in [0.1, 0.15) is 18.6 Å². The van der Waals surface area contributed by atoms with Crippen molar-refractivity contribution in [1.29, 1.82) is 0 Å². The third-order valence-electron chi connectivity index (χ3n) is 3.26. The van der Waals surface area contributed by atoms with Gasteiger partial charge in [-0.25, -0.2) is 4.79 Å². The minimum atomic E-state index is -0.664. The normalized spacial score (nSPS) is 9.96. The standard InChI is InChI=1S/C20H16NO4/c1-23-20(22)21-15-12-13-18(24-16-8-4-2-5-9-16)19(14-15)25-17-10-6-3-7-11-17/h2-14H,1H2,(H,21,22). The van der Waals surface area contributed by atoms with E-state index in [9.17, 15) is 4.79 Å². The second-order valence-corrected chi connectivity index (χ2v) is 5.05. The average molecular weight is 334 g/mol. The Morgan fingerprint density at radius 2 is 1.32 bits per heavy atom. The van der Waals surface area contributed by atoms with Crippen LogP contribution in [0, 0.1) is 7.11 Å². The molecule has 0 heterocycles. The van der Waals surface area contributed by atoms with Crippen LogP contribution >= 0.6 is 0 Å². The van der Waals surface area contributed by atoms with Crippen molar-refractivity contribution in [2.75, 3.05) is 5.32 Å². The molecule has 0 saturated heterocycles. The number of para-hydroxylation sites is 2. The molecule has 0 saturated carbocycles. The number of carbonyl (C=O) groups excluding carboxylic acids is 1. The van der Waals surface area contributed by atoms with Gasteiger partial charge in [-0.3, -0.25) is 5.32 Å². The van der Waals surface area contributed by atoms with Crippen LogP contribution in [0.1, 0.15) is 0 Å². The molecule has 3 aromatic carbocycles. The zero-order valence-electron chi connectivity index (χ0n) is 13.3. The van der Waals surface area contributed by atoms with Crippen LogP contribution < -0.4 is 14.8 Å². The van der Waals surface area contributed by atoms with E-state index in [4.69, 9.17) is 9.47 Å². The van der Waals surface area contributed by atoms with Gasteiger partial charge in [-0.15, -0.1) is 0 Å². The highest BCUT2D eigenvalue weighted by Gasteiger charge is 2.11. The Morgan fingerprint density at radius 1 is 0.760 bits per heavy atom. The Hall–Kier alpha value is -3.47. The van der Waals surface area contributed by atoms with Crippen molar-refractivity contribution in [2.24, 2.45) is 0 Å². The molecule has 5 heteroatoms. The summed E-state index contributed by atoms with van der Waals surface area (Å²) < 4.78 is 16.2. The quantitative estimate of drug-likeness (QED) is 0.659. The molecule has 0 spiro atoms. The van der Waals surface area contributed by atoms with Gasteiger partial charge in [0, 0.05) is 11.8 Å². The molecule has 3 aromatic rings. The molecule has 0 aliphatic rings. The number of amides is 1. The second kappa shape index (κ2) is 7.88. The molecule has 5 nitrogen and oxygen atoms in total. The predicted molar refractivity (Wildman–Crippen MR) is 94.9 cm³/mol. The monoisotopic (exact) mass is 334 g/mol. The van der Waals surface area contributed by atoms with Crippen molar-refractivity contribution in [3.8, 4) is 23.0 Å². The molecule has 0 fully saturated rings. The van der Waals surface area contributed by atoms with Crippen molar-refractivity contribution >= 4 is 11.8 Å². The van der Waals surface area contributed by atoms with Crippen LogP contribution in [-0.4, -0.2) is 6.09 Å². The summed E-state index contributed by atoms with van der Waals surface area (Å²) in [7, 11) is 3.08. The van der Waals surface area contributed by atoms with E-state index in [-0.39, 0.29) is 0 Å². The molecule has 1 N–H and O–H groups in total. The summed E-state index contributed by atoms with van der Waals surface area (Å²) >= 11 is 0. The number of carbonyl (C=O) groups is 1. The average Bonchev–Trinajstić information content (AvgIpc) is 2.65. The Labute approximate surface area is 145 Å². The first-order valence-corrected chi connectivity index (χ1v) is 7.57. The smallest absolute Gasteiger partial charge is 0.411 e. The van der Waals surface area contributed by atoms with Crippen LogP contribution in [0.2, 0.25) is 0 Å². The van der Waals surface area contributed by atoms with Gasteiger partial charge in [0.15, 0.2) is 11.5 Å². The van der Waals surface area contributed by atoms with Crippen LogP contribution in [-0.2, 0) is 4.74 Å². The van der Waals surface area contributed by atoms with Gasteiger partial charge >= 0.3 is 6.09 Å². The first-order valence-electron chi connectivity index (χ1n) is 7.57. The van der Waals surface area contributed by atoms with E-state index in [0.717, 1.165) is 0 Å². The third kappa shape index (κ3) is 4.51. The Kier molecular flexibility index (Phi) is 5.16. The SMILES string of the molecule is [CH2]OC(=O)Nc1ccc(Oc2ccccc2)c(Oc2ccccc2)c1. The molecular formula is C20H16NO4. The van der Waals surface area contributed by atoms with Crippen LogP contribution in [0.15, 0.2) is 78.9 Å². The van der Waals surface area contributed by atoms with Gasteiger partial charge in [-0.05, 0) is 36.4 Å². The summed E-state index contributed by atoms with van der Waals surface area (Å²) in [6, 6.07) is 23.7. The molecule has 125 valence electrons. The largest absolute Gasteiger partial charge is 0.453 e. The molecule has 0 aliphatic heterocycles. The molecule has 1 radical (unpaired) electrons. The van der Waals surface area contributed by atoms with E-state index >= 15 is 0 Å². The number of benzene rings is 3. The van der Waals surface area contributed by atoms with Crippen LogP contribution in [0.25, 0.3) is 0 Å². The highest BCUT2D eigenvalue weighted by molar-refractivity contribution is 5.85. The topological polar surface area (TPSA) is 56.8 Å². The zero-order chi connectivity index (χ0) is 17.5. The minimum Gasteiger partial charge on any atom is -0.453 e. The Morgan fingerprint density at radius 3 is 1.88 bits per heavy atom. The lowest BCUT2D eigenvalue weighted by Crippen LogP contribution is -2.09. The molecule has 25 heavy (non-hydrogen) atoms. The maximum atomic E-state index is 11.4. The zero-order valence-corrected chi connectivity index (χ0v) is 13.3. The fourth-order valence-electron chi connectivity index (χ4n) is 2.13. The van der Waals surface area contributed by atoms with Crippen molar-refractivity contribution in [2.45, 2.75) is 0 Å². The number of rotatable bonds is 5. The molecule has 0 aromatic heterocycles.